The summed E-state index contributed by atoms with van der Waals surface area (Å²) < 4.78 is 0.799. The second-order valence-corrected chi connectivity index (χ2v) is 4.81. The topological polar surface area (TPSA) is 49.3 Å². The van der Waals surface area contributed by atoms with Gasteiger partial charge in [0.2, 0.25) is 0 Å². The molecule has 4 heteroatoms. The summed E-state index contributed by atoms with van der Waals surface area (Å²) in [6.45, 7) is 3.61. The summed E-state index contributed by atoms with van der Waals surface area (Å²) in [5, 5.41) is 12.0. The Labute approximate surface area is 103 Å². The summed E-state index contributed by atoms with van der Waals surface area (Å²) in [4.78, 5) is 11.0. The van der Waals surface area contributed by atoms with Crippen LogP contribution in [0.25, 0.3) is 0 Å². The first kappa shape index (κ1) is 12.6. The predicted octanol–water partition coefficient (Wildman–Crippen LogP) is 2.97. The highest BCUT2D eigenvalue weighted by Gasteiger charge is 2.18. The van der Waals surface area contributed by atoms with Crippen molar-refractivity contribution in [3.63, 3.8) is 0 Å². The lowest BCUT2D eigenvalue weighted by Gasteiger charge is -2.22. The van der Waals surface area contributed by atoms with E-state index in [2.05, 4.69) is 27.2 Å². The zero-order valence-corrected chi connectivity index (χ0v) is 10.6. The second-order valence-electron chi connectivity index (χ2n) is 3.89. The fraction of sp³-hybridized carbons (Fsp3) is 0.250. The van der Waals surface area contributed by atoms with Gasteiger partial charge in [-0.1, -0.05) is 21.9 Å². The third kappa shape index (κ3) is 3.01. The summed E-state index contributed by atoms with van der Waals surface area (Å²) in [7, 11) is 0. The van der Waals surface area contributed by atoms with Gasteiger partial charge in [0.25, 0.3) is 0 Å². The van der Waals surface area contributed by atoms with Crippen LogP contribution in [0.3, 0.4) is 0 Å². The standard InChI is InChI=1S/C12H12BrNO2/c1-4-12(2,3)14-10-7-8(13)5-6-9(10)11(15)16/h1,5-7,14H,2-3H3,(H,15,16). The lowest BCUT2D eigenvalue weighted by atomic mass is 10.0. The van der Waals surface area contributed by atoms with Crippen molar-refractivity contribution in [3.8, 4) is 12.3 Å². The van der Waals surface area contributed by atoms with Crippen molar-refractivity contribution in [1.29, 1.82) is 0 Å². The Kier molecular flexibility index (Phi) is 3.61. The Morgan fingerprint density at radius 2 is 2.19 bits per heavy atom. The van der Waals surface area contributed by atoms with Gasteiger partial charge >= 0.3 is 5.97 Å². The van der Waals surface area contributed by atoms with E-state index in [9.17, 15) is 4.79 Å². The molecule has 1 aromatic rings. The highest BCUT2D eigenvalue weighted by atomic mass is 79.9. The zero-order chi connectivity index (χ0) is 12.3. The first-order valence-corrected chi connectivity index (χ1v) is 5.44. The molecule has 0 unspecified atom stereocenters. The predicted molar refractivity (Wildman–Crippen MR) is 67.6 cm³/mol. The van der Waals surface area contributed by atoms with Crippen molar-refractivity contribution in [1.82, 2.24) is 0 Å². The van der Waals surface area contributed by atoms with Gasteiger partial charge in [-0.05, 0) is 32.0 Å². The molecule has 0 aliphatic rings. The van der Waals surface area contributed by atoms with Gasteiger partial charge in [-0.3, -0.25) is 0 Å². The Balaban J connectivity index is 3.17. The van der Waals surface area contributed by atoms with Crippen molar-refractivity contribution in [2.75, 3.05) is 5.32 Å². The summed E-state index contributed by atoms with van der Waals surface area (Å²) in [5.74, 6) is 1.57. The minimum Gasteiger partial charge on any atom is -0.478 e. The number of halogens is 1. The van der Waals surface area contributed by atoms with Gasteiger partial charge < -0.3 is 10.4 Å². The van der Waals surface area contributed by atoms with Gasteiger partial charge in [0.15, 0.2) is 0 Å². The number of anilines is 1. The van der Waals surface area contributed by atoms with Gasteiger partial charge in [0.05, 0.1) is 16.8 Å². The Hall–Kier alpha value is -1.47. The van der Waals surface area contributed by atoms with E-state index >= 15 is 0 Å². The van der Waals surface area contributed by atoms with Crippen LogP contribution in [-0.2, 0) is 0 Å². The van der Waals surface area contributed by atoms with E-state index in [1.165, 1.54) is 6.07 Å². The van der Waals surface area contributed by atoms with Crippen LogP contribution in [0.4, 0.5) is 5.69 Å². The van der Waals surface area contributed by atoms with Crippen LogP contribution < -0.4 is 5.32 Å². The molecule has 0 saturated carbocycles. The molecule has 0 radical (unpaired) electrons. The van der Waals surface area contributed by atoms with E-state index in [0.717, 1.165) is 4.47 Å². The zero-order valence-electron chi connectivity index (χ0n) is 9.04. The van der Waals surface area contributed by atoms with Crippen LogP contribution in [0.5, 0.6) is 0 Å². The Bertz CT molecular complexity index is 461. The van der Waals surface area contributed by atoms with Crippen molar-refractivity contribution >= 4 is 27.6 Å². The molecule has 0 fully saturated rings. The largest absolute Gasteiger partial charge is 0.478 e. The maximum atomic E-state index is 11.0. The summed E-state index contributed by atoms with van der Waals surface area (Å²) >= 11 is 3.29. The van der Waals surface area contributed by atoms with E-state index in [4.69, 9.17) is 11.5 Å². The fourth-order valence-electron chi connectivity index (χ4n) is 1.18. The number of carboxylic acid groups (broad SMARTS) is 1. The van der Waals surface area contributed by atoms with Crippen molar-refractivity contribution in [2.45, 2.75) is 19.4 Å². The molecule has 1 aromatic carbocycles. The number of nitrogens with one attached hydrogen (secondary N) is 1. The van der Waals surface area contributed by atoms with Crippen LogP contribution in [0.15, 0.2) is 22.7 Å². The fourth-order valence-corrected chi connectivity index (χ4v) is 1.54. The first-order chi connectivity index (χ1) is 7.35. The molecule has 0 atom stereocenters. The molecule has 2 N–H and O–H groups in total. The molecule has 0 heterocycles. The van der Waals surface area contributed by atoms with E-state index < -0.39 is 11.5 Å². The molecule has 0 spiro atoms. The minimum absolute atomic E-state index is 0.200. The summed E-state index contributed by atoms with van der Waals surface area (Å²) in [6, 6.07) is 4.90. The SMILES string of the molecule is C#CC(C)(C)Nc1cc(Br)ccc1C(=O)O. The van der Waals surface area contributed by atoms with Crippen molar-refractivity contribution < 1.29 is 9.90 Å². The highest BCUT2D eigenvalue weighted by Crippen LogP contribution is 2.24. The number of terminal acetylenes is 1. The van der Waals surface area contributed by atoms with Crippen LogP contribution in [0.1, 0.15) is 24.2 Å². The minimum atomic E-state index is -0.983. The monoisotopic (exact) mass is 281 g/mol. The highest BCUT2D eigenvalue weighted by molar-refractivity contribution is 9.10. The molecule has 0 aliphatic heterocycles. The van der Waals surface area contributed by atoms with Gasteiger partial charge in [0, 0.05) is 4.47 Å². The molecule has 0 saturated heterocycles. The van der Waals surface area contributed by atoms with Crippen molar-refractivity contribution in [2.24, 2.45) is 0 Å². The second kappa shape index (κ2) is 4.58. The maximum Gasteiger partial charge on any atom is 0.337 e. The average molecular weight is 282 g/mol. The number of carbonyl (C=O) groups is 1. The lowest BCUT2D eigenvalue weighted by molar-refractivity contribution is 0.0698. The van der Waals surface area contributed by atoms with E-state index in [1.54, 1.807) is 26.0 Å². The normalized spacial score (nSPS) is 10.6. The molecular weight excluding hydrogens is 270 g/mol. The van der Waals surface area contributed by atoms with Crippen LogP contribution >= 0.6 is 15.9 Å². The number of benzene rings is 1. The lowest BCUT2D eigenvalue weighted by Crippen LogP contribution is -2.29. The number of hydrogen-bond donors (Lipinski definition) is 2. The molecule has 0 amide bonds. The molecule has 0 aromatic heterocycles. The maximum absolute atomic E-state index is 11.0. The molecule has 16 heavy (non-hydrogen) atoms. The van der Waals surface area contributed by atoms with Crippen molar-refractivity contribution in [3.05, 3.63) is 28.2 Å². The third-order valence-corrected chi connectivity index (χ3v) is 2.51. The quantitative estimate of drug-likeness (QED) is 0.838. The summed E-state index contributed by atoms with van der Waals surface area (Å²) in [5.41, 5.74) is 0.113. The number of rotatable bonds is 3. The van der Waals surface area contributed by atoms with Crippen LogP contribution in [0.2, 0.25) is 0 Å². The Morgan fingerprint density at radius 1 is 1.56 bits per heavy atom. The van der Waals surface area contributed by atoms with E-state index in [-0.39, 0.29) is 5.56 Å². The van der Waals surface area contributed by atoms with E-state index in [0.29, 0.717) is 5.69 Å². The molecule has 84 valence electrons. The van der Waals surface area contributed by atoms with Gasteiger partial charge in [-0.25, -0.2) is 4.79 Å². The van der Waals surface area contributed by atoms with Gasteiger partial charge in [-0.15, -0.1) is 6.42 Å². The van der Waals surface area contributed by atoms with Crippen LogP contribution in [0, 0.1) is 12.3 Å². The third-order valence-electron chi connectivity index (χ3n) is 2.02. The smallest absolute Gasteiger partial charge is 0.337 e. The van der Waals surface area contributed by atoms with E-state index in [1.807, 2.05) is 0 Å². The summed E-state index contributed by atoms with van der Waals surface area (Å²) in [6.07, 6.45) is 5.35. The molecule has 0 bridgehead atoms. The number of carboxylic acids is 1. The van der Waals surface area contributed by atoms with Crippen LogP contribution in [-0.4, -0.2) is 16.6 Å². The number of aromatic carboxylic acids is 1. The molecule has 0 aliphatic carbocycles. The molecule has 3 nitrogen and oxygen atoms in total. The average Bonchev–Trinajstić information content (AvgIpc) is 2.16. The van der Waals surface area contributed by atoms with Gasteiger partial charge in [0.1, 0.15) is 0 Å². The molecular formula is C12H12BrNO2. The molecule has 1 rings (SSSR count). The number of hydrogen-bond acceptors (Lipinski definition) is 2. The van der Waals surface area contributed by atoms with Gasteiger partial charge in [-0.2, -0.15) is 0 Å². The first-order valence-electron chi connectivity index (χ1n) is 4.64. The Morgan fingerprint density at radius 3 is 2.69 bits per heavy atom.